The number of anilines is 4. The predicted molar refractivity (Wildman–Crippen MR) is 350 cm³/mol. The number of nitrogens with zero attached hydrogens (tertiary/aromatic N) is 17. The molecule has 0 radical (unpaired) electrons. The Balaban J connectivity index is 0.000000176. The third-order valence-corrected chi connectivity index (χ3v) is 17.9. The molecule has 5 aliphatic rings. The second-order valence-corrected chi connectivity index (χ2v) is 23.8. The average molecular weight is 1270 g/mol. The SMILES string of the molecule is BrCCCCBr.CCN1CCN(CCCn2cnc3c(N4CCN(CC)CC4)nc(N4CCCC4)nc32)CC1.CCN1CCN(CCCn2cnc3c(N4CCN(CC)CC4)nc(NCc4ccccc4)nc32)CC1.O=Cc1ccccc1. The number of alkyl halides is 2. The maximum atomic E-state index is 10.0. The van der Waals surface area contributed by atoms with E-state index in [0.29, 0.717) is 12.5 Å². The van der Waals surface area contributed by atoms with Gasteiger partial charge >= 0.3 is 0 Å². The molecule has 0 atom stereocenters. The van der Waals surface area contributed by atoms with Gasteiger partial charge in [0.2, 0.25) is 11.9 Å². The molecule has 6 aromatic rings. The van der Waals surface area contributed by atoms with Gasteiger partial charge in [-0.2, -0.15) is 19.9 Å². The maximum absolute atomic E-state index is 10.0. The van der Waals surface area contributed by atoms with Crippen LogP contribution in [0, 0.1) is 0 Å². The summed E-state index contributed by atoms with van der Waals surface area (Å²) in [5.41, 5.74) is 5.78. The number of benzene rings is 2. The number of rotatable bonds is 22. The highest BCUT2D eigenvalue weighted by atomic mass is 79.9. The third kappa shape index (κ3) is 19.3. The first-order valence-electron chi connectivity index (χ1n) is 31.3. The van der Waals surface area contributed by atoms with Gasteiger partial charge in [0.1, 0.15) is 6.29 Å². The summed E-state index contributed by atoms with van der Waals surface area (Å²) >= 11 is 6.66. The number of hydrogen-bond donors (Lipinski definition) is 1. The number of aryl methyl sites for hydroxylation is 2. The number of aldehydes is 1. The molecule has 0 spiro atoms. The molecule has 454 valence electrons. The lowest BCUT2D eigenvalue weighted by Crippen LogP contribution is -2.46. The van der Waals surface area contributed by atoms with Crippen LogP contribution in [0.3, 0.4) is 0 Å². The zero-order valence-electron chi connectivity index (χ0n) is 50.5. The number of imidazole rings is 2. The van der Waals surface area contributed by atoms with Crippen molar-refractivity contribution in [3.8, 4) is 0 Å². The summed E-state index contributed by atoms with van der Waals surface area (Å²) in [6.07, 6.45) is 12.0. The molecule has 5 fully saturated rings. The smallest absolute Gasteiger partial charge is 0.229 e. The molecule has 21 heteroatoms. The van der Waals surface area contributed by atoms with Gasteiger partial charge < -0.3 is 58.6 Å². The van der Waals surface area contributed by atoms with Gasteiger partial charge in [0.15, 0.2) is 34.0 Å². The van der Waals surface area contributed by atoms with E-state index in [1.165, 1.54) is 90.1 Å². The minimum absolute atomic E-state index is 0.678. The molecule has 2 aromatic carbocycles. The van der Waals surface area contributed by atoms with Gasteiger partial charge in [0.25, 0.3) is 0 Å². The lowest BCUT2D eigenvalue weighted by atomic mass is 10.2. The van der Waals surface area contributed by atoms with Crippen molar-refractivity contribution in [3.05, 3.63) is 84.4 Å². The Morgan fingerprint density at radius 3 is 1.31 bits per heavy atom. The summed E-state index contributed by atoms with van der Waals surface area (Å²) < 4.78 is 4.49. The number of piperazine rings is 4. The minimum Gasteiger partial charge on any atom is -0.352 e. The highest BCUT2D eigenvalue weighted by Gasteiger charge is 2.27. The number of aromatic nitrogens is 8. The van der Waals surface area contributed by atoms with E-state index in [1.807, 2.05) is 36.9 Å². The molecule has 0 amide bonds. The molecule has 0 aliphatic carbocycles. The van der Waals surface area contributed by atoms with E-state index in [1.54, 1.807) is 12.1 Å². The number of fused-ring (bicyclic) bond motifs is 2. The highest BCUT2D eigenvalue weighted by molar-refractivity contribution is 9.09. The topological polar surface area (TPSA) is 145 Å². The fourth-order valence-electron chi connectivity index (χ4n) is 11.4. The largest absolute Gasteiger partial charge is 0.352 e. The van der Waals surface area contributed by atoms with E-state index in [0.717, 1.165) is 187 Å². The second-order valence-electron chi connectivity index (χ2n) is 22.2. The van der Waals surface area contributed by atoms with E-state index < -0.39 is 0 Å². The lowest BCUT2D eigenvalue weighted by Gasteiger charge is -2.35. The van der Waals surface area contributed by atoms with E-state index in [4.69, 9.17) is 29.9 Å². The van der Waals surface area contributed by atoms with Crippen LogP contribution in [-0.4, -0.2) is 242 Å². The van der Waals surface area contributed by atoms with E-state index in [2.05, 4.69) is 142 Å². The molecule has 5 aliphatic heterocycles. The highest BCUT2D eigenvalue weighted by Crippen LogP contribution is 2.29. The van der Waals surface area contributed by atoms with Crippen LogP contribution in [0.15, 0.2) is 73.3 Å². The first-order chi connectivity index (χ1) is 40.8. The van der Waals surface area contributed by atoms with Gasteiger partial charge in [0, 0.05) is 154 Å². The van der Waals surface area contributed by atoms with Crippen molar-refractivity contribution < 1.29 is 4.79 Å². The molecular weight excluding hydrogens is 1170 g/mol. The summed E-state index contributed by atoms with van der Waals surface area (Å²) in [4.78, 5) is 62.1. The molecular formula is C62H96Br2N18O. The number of unbranched alkanes of at least 4 members (excludes halogenated alkanes) is 1. The fraction of sp³-hybridized carbons (Fsp3) is 0.629. The van der Waals surface area contributed by atoms with Crippen molar-refractivity contribution in [3.63, 3.8) is 0 Å². The standard InChI is InChI=1S/C27H41N9.C24H41N9.C7H6O.C4H8Br2/c1-3-32-13-15-34(16-14-32)11-8-12-36-22-29-24-25(35-19-17-33(4-2)18-20-35)30-27(31-26(24)36)28-21-23-9-6-5-7-10-23;1-3-28-12-14-30(15-13-28)8-7-11-33-20-25-21-22(31-18-16-29(4-2)17-19-31)26-24(27-23(21)33)32-9-5-6-10-32;8-6-7-4-2-1-3-5-7;5-3-1-2-4-6/h5-7,9-10,22H,3-4,8,11-21H2,1-2H3,(H,28,30,31);20H,3-19H2,1-2H3;1-6H;1-4H2. The molecule has 5 saturated heterocycles. The Labute approximate surface area is 512 Å². The monoisotopic (exact) mass is 1270 g/mol. The Morgan fingerprint density at radius 1 is 0.458 bits per heavy atom. The van der Waals surface area contributed by atoms with Crippen LogP contribution in [0.5, 0.6) is 0 Å². The zero-order valence-corrected chi connectivity index (χ0v) is 53.7. The molecule has 0 unspecified atom stereocenters. The van der Waals surface area contributed by atoms with Crippen molar-refractivity contribution >= 4 is 84.0 Å². The molecule has 0 bridgehead atoms. The predicted octanol–water partition coefficient (Wildman–Crippen LogP) is 8.26. The summed E-state index contributed by atoms with van der Waals surface area (Å²) in [5.74, 6) is 3.56. The fourth-order valence-corrected chi connectivity index (χ4v) is 12.2. The number of hydrogen-bond acceptors (Lipinski definition) is 17. The van der Waals surface area contributed by atoms with Gasteiger partial charge in [-0.3, -0.25) is 4.79 Å². The number of nitrogens with one attached hydrogen (secondary N) is 1. The number of likely N-dealkylation sites (N-methyl/N-ethyl adjacent to an activating group) is 4. The third-order valence-electron chi connectivity index (χ3n) is 16.8. The minimum atomic E-state index is 0.678. The number of carbonyl (C=O) groups excluding carboxylic acids is 1. The van der Waals surface area contributed by atoms with E-state index in [9.17, 15) is 4.79 Å². The van der Waals surface area contributed by atoms with Crippen molar-refractivity contribution in [1.82, 2.24) is 68.4 Å². The summed E-state index contributed by atoms with van der Waals surface area (Å²) in [7, 11) is 0. The molecule has 83 heavy (non-hydrogen) atoms. The van der Waals surface area contributed by atoms with E-state index >= 15 is 0 Å². The Morgan fingerprint density at radius 2 is 0.880 bits per heavy atom. The Hall–Kier alpha value is -4.87. The number of carbonyl (C=O) groups is 1. The van der Waals surface area contributed by atoms with Crippen molar-refractivity contribution in [1.29, 1.82) is 0 Å². The molecule has 11 rings (SSSR count). The molecule has 1 N–H and O–H groups in total. The van der Waals surface area contributed by atoms with Crippen molar-refractivity contribution in [2.24, 2.45) is 0 Å². The average Bonchev–Trinajstić information content (AvgIpc) is 4.10. The van der Waals surface area contributed by atoms with Crippen LogP contribution >= 0.6 is 31.9 Å². The van der Waals surface area contributed by atoms with Gasteiger partial charge in [-0.05, 0) is 83.4 Å². The van der Waals surface area contributed by atoms with Gasteiger partial charge in [-0.25, -0.2) is 9.97 Å². The van der Waals surface area contributed by atoms with Crippen molar-refractivity contribution in [2.45, 2.75) is 85.9 Å². The van der Waals surface area contributed by atoms with Gasteiger partial charge in [-0.1, -0.05) is 120 Å². The molecule has 4 aromatic heterocycles. The zero-order chi connectivity index (χ0) is 58.0. The summed E-state index contributed by atoms with van der Waals surface area (Å²) in [6.45, 7) is 38.2. The van der Waals surface area contributed by atoms with Crippen LogP contribution < -0.4 is 20.0 Å². The van der Waals surface area contributed by atoms with Crippen molar-refractivity contribution in [2.75, 3.05) is 188 Å². The molecule has 19 nitrogen and oxygen atoms in total. The Kier molecular flexibility index (Phi) is 27.0. The van der Waals surface area contributed by atoms with Crippen LogP contribution in [0.2, 0.25) is 0 Å². The van der Waals surface area contributed by atoms with Crippen LogP contribution in [-0.2, 0) is 19.6 Å². The number of halogens is 2. The van der Waals surface area contributed by atoms with Crippen LogP contribution in [0.1, 0.15) is 82.1 Å². The van der Waals surface area contributed by atoms with Gasteiger partial charge in [0.05, 0.1) is 12.7 Å². The summed E-state index contributed by atoms with van der Waals surface area (Å²) in [5, 5.41) is 5.75. The first-order valence-corrected chi connectivity index (χ1v) is 33.5. The second kappa shape index (κ2) is 34.9. The van der Waals surface area contributed by atoms with Crippen LogP contribution in [0.25, 0.3) is 22.3 Å². The Bertz CT molecular complexity index is 2740. The van der Waals surface area contributed by atoms with Crippen LogP contribution in [0.4, 0.5) is 23.5 Å². The van der Waals surface area contributed by atoms with Gasteiger partial charge in [-0.15, -0.1) is 0 Å². The molecule has 0 saturated carbocycles. The van der Waals surface area contributed by atoms with E-state index in [-0.39, 0.29) is 0 Å². The normalized spacial score (nSPS) is 17.9. The maximum Gasteiger partial charge on any atom is 0.229 e. The summed E-state index contributed by atoms with van der Waals surface area (Å²) in [6, 6.07) is 19.5. The molecule has 9 heterocycles. The first kappa shape index (κ1) is 64.1. The quantitative estimate of drug-likeness (QED) is 0.0395. The lowest BCUT2D eigenvalue weighted by molar-refractivity contribution is 0.112.